The lowest BCUT2D eigenvalue weighted by molar-refractivity contribution is -0.124. The van der Waals surface area contributed by atoms with Crippen LogP contribution in [0, 0.1) is 12.8 Å². The van der Waals surface area contributed by atoms with Crippen molar-refractivity contribution in [3.63, 3.8) is 0 Å². The van der Waals surface area contributed by atoms with Crippen LogP contribution in [0.15, 0.2) is 60.0 Å². The van der Waals surface area contributed by atoms with E-state index >= 15 is 0 Å². The van der Waals surface area contributed by atoms with Crippen LogP contribution in [-0.2, 0) is 9.59 Å². The highest BCUT2D eigenvalue weighted by Gasteiger charge is 2.32. The van der Waals surface area contributed by atoms with Crippen molar-refractivity contribution in [3.05, 3.63) is 71.1 Å². The Kier molecular flexibility index (Phi) is 7.78. The summed E-state index contributed by atoms with van der Waals surface area (Å²) in [7, 11) is 0. The van der Waals surface area contributed by atoms with Crippen molar-refractivity contribution in [3.8, 4) is 11.3 Å². The minimum atomic E-state index is -0.123. The third kappa shape index (κ3) is 6.20. The molecular formula is C29H34N4O2S. The normalized spacial score (nSPS) is 23.8. The zero-order chi connectivity index (χ0) is 24.9. The van der Waals surface area contributed by atoms with Crippen molar-refractivity contribution in [1.82, 2.24) is 15.6 Å². The van der Waals surface area contributed by atoms with E-state index < -0.39 is 0 Å². The van der Waals surface area contributed by atoms with Gasteiger partial charge in [-0.1, -0.05) is 60.2 Å². The van der Waals surface area contributed by atoms with Gasteiger partial charge in [0, 0.05) is 30.0 Å². The lowest BCUT2D eigenvalue weighted by atomic mass is 9.84. The number of aryl methyl sites for hydroxylation is 1. The summed E-state index contributed by atoms with van der Waals surface area (Å²) >= 11 is 1.46. The van der Waals surface area contributed by atoms with Gasteiger partial charge in [0.1, 0.15) is 0 Å². The molecule has 2 atom stereocenters. The van der Waals surface area contributed by atoms with Crippen LogP contribution >= 0.6 is 11.3 Å². The Morgan fingerprint density at radius 2 is 1.78 bits per heavy atom. The largest absolute Gasteiger partial charge is 0.352 e. The zero-order valence-corrected chi connectivity index (χ0v) is 21.5. The summed E-state index contributed by atoms with van der Waals surface area (Å²) < 4.78 is 0. The number of amides is 2. The Morgan fingerprint density at radius 1 is 1.03 bits per heavy atom. The molecule has 2 amide bonds. The molecule has 1 aliphatic carbocycles. The first-order chi connectivity index (χ1) is 17.5. The number of anilines is 1. The van der Waals surface area contributed by atoms with Crippen molar-refractivity contribution >= 4 is 28.3 Å². The molecule has 2 heterocycles. The Bertz CT molecular complexity index is 1170. The van der Waals surface area contributed by atoms with Crippen molar-refractivity contribution in [1.29, 1.82) is 0 Å². The Balaban J connectivity index is 1.03. The summed E-state index contributed by atoms with van der Waals surface area (Å²) in [5.74, 6) is 0.876. The lowest BCUT2D eigenvalue weighted by Gasteiger charge is -2.29. The topological polar surface area (TPSA) is 83.1 Å². The van der Waals surface area contributed by atoms with Crippen LogP contribution in [0.2, 0.25) is 0 Å². The molecular weight excluding hydrogens is 468 g/mol. The smallest absolute Gasteiger partial charge is 0.237 e. The summed E-state index contributed by atoms with van der Waals surface area (Å²) in [5.41, 5.74) is 4.45. The number of nitrogens with zero attached hydrogens (tertiary/aromatic N) is 1. The first-order valence-corrected chi connectivity index (χ1v) is 13.8. The number of carbonyl (C=O) groups excluding carboxylic acids is 2. The fraction of sp³-hybridized carbons (Fsp3) is 0.414. The molecule has 36 heavy (non-hydrogen) atoms. The van der Waals surface area contributed by atoms with Crippen molar-refractivity contribution in [2.24, 2.45) is 5.92 Å². The third-order valence-electron chi connectivity index (χ3n) is 7.48. The fourth-order valence-corrected chi connectivity index (χ4v) is 6.08. The van der Waals surface area contributed by atoms with Gasteiger partial charge in [0.05, 0.1) is 11.7 Å². The van der Waals surface area contributed by atoms with Gasteiger partial charge >= 0.3 is 0 Å². The summed E-state index contributed by atoms with van der Waals surface area (Å²) in [4.78, 5) is 30.0. The highest BCUT2D eigenvalue weighted by atomic mass is 32.1. The van der Waals surface area contributed by atoms with Crippen LogP contribution in [0.3, 0.4) is 0 Å². The third-order valence-corrected chi connectivity index (χ3v) is 8.24. The minimum absolute atomic E-state index is 0.0226. The minimum Gasteiger partial charge on any atom is -0.352 e. The van der Waals surface area contributed by atoms with Crippen molar-refractivity contribution < 1.29 is 9.59 Å². The number of hydrogen-bond acceptors (Lipinski definition) is 5. The molecule has 0 bridgehead atoms. The lowest BCUT2D eigenvalue weighted by Crippen LogP contribution is -2.46. The molecule has 2 fully saturated rings. The van der Waals surface area contributed by atoms with E-state index in [1.807, 2.05) is 11.4 Å². The van der Waals surface area contributed by atoms with E-state index in [0.717, 1.165) is 49.9 Å². The number of nitrogens with one attached hydrogen (secondary N) is 3. The molecule has 7 heteroatoms. The predicted molar refractivity (Wildman–Crippen MR) is 145 cm³/mol. The Labute approximate surface area is 216 Å². The highest BCUT2D eigenvalue weighted by Crippen LogP contribution is 2.30. The number of rotatable bonds is 7. The molecule has 0 spiro atoms. The van der Waals surface area contributed by atoms with Crippen LogP contribution in [0.25, 0.3) is 11.3 Å². The molecule has 5 rings (SSSR count). The molecule has 1 saturated heterocycles. The van der Waals surface area contributed by atoms with Gasteiger partial charge in [-0.3, -0.25) is 9.59 Å². The van der Waals surface area contributed by atoms with E-state index in [9.17, 15) is 9.59 Å². The molecule has 1 saturated carbocycles. The van der Waals surface area contributed by atoms with Crippen LogP contribution in [0.5, 0.6) is 0 Å². The van der Waals surface area contributed by atoms with Crippen LogP contribution in [-0.4, -0.2) is 35.4 Å². The number of thiazole rings is 1. The predicted octanol–water partition coefficient (Wildman–Crippen LogP) is 5.27. The number of aromatic nitrogens is 1. The monoisotopic (exact) mass is 502 g/mol. The molecule has 0 unspecified atom stereocenters. The SMILES string of the molecule is Cc1ccc(-c2csc(NC(=O)C[C@H]3CC[C@@H](NC(=O)[C@@H]4C[C@@H](c5ccccc5)CN4)CC3)n2)cc1. The first kappa shape index (κ1) is 24.7. The van der Waals surface area contributed by atoms with Gasteiger partial charge in [-0.05, 0) is 56.4 Å². The molecule has 1 aromatic heterocycles. The zero-order valence-electron chi connectivity index (χ0n) is 20.7. The van der Waals surface area contributed by atoms with E-state index in [-0.39, 0.29) is 23.9 Å². The highest BCUT2D eigenvalue weighted by molar-refractivity contribution is 7.14. The molecule has 0 radical (unpaired) electrons. The fourth-order valence-electron chi connectivity index (χ4n) is 5.35. The molecule has 6 nitrogen and oxygen atoms in total. The quantitative estimate of drug-likeness (QED) is 0.411. The average Bonchev–Trinajstić information content (AvgIpc) is 3.57. The van der Waals surface area contributed by atoms with Crippen molar-refractivity contribution in [2.45, 2.75) is 63.5 Å². The maximum atomic E-state index is 12.8. The second kappa shape index (κ2) is 11.4. The van der Waals surface area contributed by atoms with Gasteiger partial charge < -0.3 is 16.0 Å². The maximum absolute atomic E-state index is 12.8. The van der Waals surface area contributed by atoms with E-state index in [4.69, 9.17) is 0 Å². The Morgan fingerprint density at radius 3 is 2.53 bits per heavy atom. The maximum Gasteiger partial charge on any atom is 0.237 e. The second-order valence-electron chi connectivity index (χ2n) is 10.2. The van der Waals surface area contributed by atoms with Gasteiger partial charge in [0.15, 0.2) is 5.13 Å². The summed E-state index contributed by atoms with van der Waals surface area (Å²) in [6.07, 6.45) is 5.10. The summed E-state index contributed by atoms with van der Waals surface area (Å²) in [6, 6.07) is 18.7. The second-order valence-corrected chi connectivity index (χ2v) is 11.0. The van der Waals surface area contributed by atoms with Gasteiger partial charge in [-0.2, -0.15) is 0 Å². The van der Waals surface area contributed by atoms with Gasteiger partial charge in [0.25, 0.3) is 0 Å². The van der Waals surface area contributed by atoms with E-state index in [0.29, 0.717) is 23.4 Å². The molecule has 3 aromatic rings. The standard InChI is InChI=1S/C29H34N4O2S/c1-19-7-11-22(12-8-19)26-18-36-29(32-26)33-27(34)15-20-9-13-24(14-10-20)31-28(35)25-16-23(17-30-25)21-5-3-2-4-6-21/h2-8,11-12,18,20,23-25,30H,9-10,13-17H2,1H3,(H,31,35)(H,32,33,34)/t20-,23-,24+,25+/m1/s1. The molecule has 2 aliphatic rings. The molecule has 3 N–H and O–H groups in total. The van der Waals surface area contributed by atoms with Gasteiger partial charge in [0.2, 0.25) is 11.8 Å². The first-order valence-electron chi connectivity index (χ1n) is 12.9. The summed E-state index contributed by atoms with van der Waals surface area (Å²) in [6.45, 7) is 2.90. The van der Waals surface area contributed by atoms with Crippen LogP contribution < -0.4 is 16.0 Å². The molecule has 2 aromatic carbocycles. The molecule has 1 aliphatic heterocycles. The van der Waals surface area contributed by atoms with Crippen LogP contribution in [0.4, 0.5) is 5.13 Å². The van der Waals surface area contributed by atoms with Crippen molar-refractivity contribution in [2.75, 3.05) is 11.9 Å². The Hall–Kier alpha value is -3.03. The molecule has 188 valence electrons. The van der Waals surface area contributed by atoms with E-state index in [1.54, 1.807) is 0 Å². The average molecular weight is 503 g/mol. The van der Waals surface area contributed by atoms with Gasteiger partial charge in [-0.25, -0.2) is 4.98 Å². The van der Waals surface area contributed by atoms with E-state index in [1.165, 1.54) is 22.5 Å². The van der Waals surface area contributed by atoms with E-state index in [2.05, 4.69) is 76.4 Å². The van der Waals surface area contributed by atoms with Gasteiger partial charge in [-0.15, -0.1) is 11.3 Å². The number of benzene rings is 2. The van der Waals surface area contributed by atoms with Crippen LogP contribution in [0.1, 0.15) is 55.6 Å². The summed E-state index contributed by atoms with van der Waals surface area (Å²) in [5, 5.41) is 12.3. The number of carbonyl (C=O) groups is 2. The number of hydrogen-bond donors (Lipinski definition) is 3.